The molecule has 92 valence electrons. The lowest BCUT2D eigenvalue weighted by molar-refractivity contribution is -0.115. The second kappa shape index (κ2) is 5.80. The largest absolute Gasteiger partial charge is 0.384 e. The van der Waals surface area contributed by atoms with Crippen molar-refractivity contribution in [3.8, 4) is 0 Å². The molecule has 0 fully saturated rings. The van der Waals surface area contributed by atoms with Crippen LogP contribution in [-0.2, 0) is 9.53 Å². The van der Waals surface area contributed by atoms with Gasteiger partial charge in [-0.3, -0.25) is 14.6 Å². The van der Waals surface area contributed by atoms with E-state index in [1.165, 1.54) is 19.3 Å². The number of aromatic nitrogens is 2. The van der Waals surface area contributed by atoms with Crippen molar-refractivity contribution in [1.82, 2.24) is 9.97 Å². The van der Waals surface area contributed by atoms with E-state index >= 15 is 0 Å². The number of anilines is 2. The number of methoxy groups -OCH3 is 1. The number of rotatable bonds is 5. The minimum atomic E-state index is -0.481. The molecule has 0 saturated carbocycles. The summed E-state index contributed by atoms with van der Waals surface area (Å²) < 4.78 is 4.75. The number of allylic oxidation sites excluding steroid dienone is 1. The van der Waals surface area contributed by atoms with Gasteiger partial charge in [-0.2, -0.15) is 4.98 Å². The number of nitrogens with zero attached hydrogens (tertiary/aromatic N) is 1. The average molecular weight is 238 g/mol. The van der Waals surface area contributed by atoms with E-state index in [1.807, 2.05) is 0 Å². The third kappa shape index (κ3) is 3.72. The Hall–Kier alpha value is -2.15. The zero-order valence-corrected chi connectivity index (χ0v) is 9.40. The van der Waals surface area contributed by atoms with Gasteiger partial charge in [0.25, 0.3) is 5.56 Å². The molecule has 1 rings (SSSR count). The van der Waals surface area contributed by atoms with E-state index in [-0.39, 0.29) is 29.5 Å². The first kappa shape index (κ1) is 12.9. The number of carbonyl (C=O) groups is 1. The normalized spacial score (nSPS) is 10.9. The fraction of sp³-hybridized carbons (Fsp3) is 0.300. The minimum Gasteiger partial charge on any atom is -0.384 e. The van der Waals surface area contributed by atoms with E-state index in [2.05, 4.69) is 9.97 Å². The number of nitrogens with two attached hydrogens (primary N) is 2. The quantitative estimate of drug-likeness (QED) is 0.597. The van der Waals surface area contributed by atoms with E-state index in [1.54, 1.807) is 0 Å². The zero-order chi connectivity index (χ0) is 12.8. The van der Waals surface area contributed by atoms with Crippen LogP contribution < -0.4 is 17.0 Å². The van der Waals surface area contributed by atoms with Crippen molar-refractivity contribution in [3.63, 3.8) is 0 Å². The van der Waals surface area contributed by atoms with E-state index in [0.29, 0.717) is 6.61 Å². The lowest BCUT2D eigenvalue weighted by Crippen LogP contribution is -2.16. The summed E-state index contributed by atoms with van der Waals surface area (Å²) in [6.07, 6.45) is 2.82. The Morgan fingerprint density at radius 3 is 2.82 bits per heavy atom. The van der Waals surface area contributed by atoms with E-state index in [9.17, 15) is 9.59 Å². The minimum absolute atomic E-state index is 0.0120. The second-order valence-electron chi connectivity index (χ2n) is 3.29. The monoisotopic (exact) mass is 238 g/mol. The van der Waals surface area contributed by atoms with Crippen LogP contribution in [0.5, 0.6) is 0 Å². The van der Waals surface area contributed by atoms with Crippen LogP contribution >= 0.6 is 0 Å². The van der Waals surface area contributed by atoms with Gasteiger partial charge in [0.05, 0.1) is 12.2 Å². The molecule has 0 radical (unpaired) electrons. The summed E-state index contributed by atoms with van der Waals surface area (Å²) >= 11 is 0. The summed E-state index contributed by atoms with van der Waals surface area (Å²) in [7, 11) is 1.50. The molecule has 0 atom stereocenters. The molecule has 0 aliphatic carbocycles. The fourth-order valence-electron chi connectivity index (χ4n) is 1.14. The van der Waals surface area contributed by atoms with Crippen LogP contribution in [0.3, 0.4) is 0 Å². The number of aromatic amines is 1. The molecule has 0 amide bonds. The smallest absolute Gasteiger partial charge is 0.261 e. The summed E-state index contributed by atoms with van der Waals surface area (Å²) in [5.41, 5.74) is 10.4. The number of ketones is 1. The van der Waals surface area contributed by atoms with Crippen molar-refractivity contribution in [2.75, 3.05) is 25.2 Å². The van der Waals surface area contributed by atoms with E-state index in [0.717, 1.165) is 0 Å². The van der Waals surface area contributed by atoms with Gasteiger partial charge in [0.15, 0.2) is 5.78 Å². The van der Waals surface area contributed by atoms with Gasteiger partial charge >= 0.3 is 0 Å². The molecule has 1 aromatic heterocycles. The third-order valence-electron chi connectivity index (χ3n) is 1.99. The lowest BCUT2D eigenvalue weighted by atomic mass is 10.2. The van der Waals surface area contributed by atoms with Gasteiger partial charge in [-0.25, -0.2) is 0 Å². The highest BCUT2D eigenvalue weighted by atomic mass is 16.5. The standard InChI is InChI=1S/C10H14N4O3/c1-17-5-4-6(15)2-3-7-8(11)13-10(12)14-9(7)16/h2-3H,4-5H2,1H3,(H5,11,12,13,14,16)/b3-2+. The van der Waals surface area contributed by atoms with Crippen LogP contribution in [0, 0.1) is 0 Å². The molecule has 0 saturated heterocycles. The van der Waals surface area contributed by atoms with E-state index < -0.39 is 5.56 Å². The predicted octanol–water partition coefficient (Wildman–Crippen LogP) is -0.447. The Balaban J connectivity index is 2.85. The molecular formula is C10H14N4O3. The van der Waals surface area contributed by atoms with Crippen LogP contribution in [0.4, 0.5) is 11.8 Å². The number of carbonyl (C=O) groups excluding carboxylic acids is 1. The van der Waals surface area contributed by atoms with Crippen molar-refractivity contribution >= 4 is 23.6 Å². The third-order valence-corrected chi connectivity index (χ3v) is 1.99. The van der Waals surface area contributed by atoms with Crippen LogP contribution in [0.15, 0.2) is 10.9 Å². The van der Waals surface area contributed by atoms with Gasteiger partial charge < -0.3 is 16.2 Å². The maximum absolute atomic E-state index is 11.4. The second-order valence-corrected chi connectivity index (χ2v) is 3.29. The Morgan fingerprint density at radius 2 is 2.24 bits per heavy atom. The predicted molar refractivity (Wildman–Crippen MR) is 64.2 cm³/mol. The molecule has 0 bridgehead atoms. The molecule has 0 aliphatic heterocycles. The molecular weight excluding hydrogens is 224 g/mol. The Labute approximate surface area is 97.5 Å². The van der Waals surface area contributed by atoms with Crippen LogP contribution in [-0.4, -0.2) is 29.5 Å². The van der Waals surface area contributed by atoms with Crippen molar-refractivity contribution < 1.29 is 9.53 Å². The van der Waals surface area contributed by atoms with Gasteiger partial charge in [0.2, 0.25) is 5.95 Å². The molecule has 7 heteroatoms. The highest BCUT2D eigenvalue weighted by Gasteiger charge is 2.05. The fourth-order valence-corrected chi connectivity index (χ4v) is 1.14. The molecule has 0 spiro atoms. The summed E-state index contributed by atoms with van der Waals surface area (Å²) in [6, 6.07) is 0. The van der Waals surface area contributed by atoms with Crippen LogP contribution in [0.25, 0.3) is 6.08 Å². The first-order valence-corrected chi connectivity index (χ1v) is 4.89. The molecule has 7 nitrogen and oxygen atoms in total. The molecule has 0 aliphatic rings. The van der Waals surface area contributed by atoms with Gasteiger partial charge in [0.1, 0.15) is 5.82 Å². The van der Waals surface area contributed by atoms with Crippen LogP contribution in [0.2, 0.25) is 0 Å². The number of nitrogens with one attached hydrogen (secondary N) is 1. The van der Waals surface area contributed by atoms with Gasteiger partial charge in [-0.15, -0.1) is 0 Å². The summed E-state index contributed by atoms with van der Waals surface area (Å²) in [5.74, 6) is -0.236. The maximum Gasteiger partial charge on any atom is 0.261 e. The van der Waals surface area contributed by atoms with Crippen molar-refractivity contribution in [2.45, 2.75) is 6.42 Å². The van der Waals surface area contributed by atoms with Crippen molar-refractivity contribution in [3.05, 3.63) is 22.0 Å². The summed E-state index contributed by atoms with van der Waals surface area (Å²) in [5, 5.41) is 0. The zero-order valence-electron chi connectivity index (χ0n) is 9.40. The average Bonchev–Trinajstić information content (AvgIpc) is 2.24. The number of nitrogen functional groups attached to an aromatic ring is 2. The topological polar surface area (TPSA) is 124 Å². The number of hydrogen-bond acceptors (Lipinski definition) is 6. The molecule has 0 unspecified atom stereocenters. The first-order valence-electron chi connectivity index (χ1n) is 4.89. The van der Waals surface area contributed by atoms with Gasteiger partial charge in [-0.1, -0.05) is 0 Å². The SMILES string of the molecule is COCCC(=O)/C=C/c1c(N)nc(N)[nH]c1=O. The van der Waals surface area contributed by atoms with Crippen LogP contribution in [0.1, 0.15) is 12.0 Å². The summed E-state index contributed by atoms with van der Waals surface area (Å²) in [6.45, 7) is 0.328. The highest BCUT2D eigenvalue weighted by molar-refractivity contribution is 5.94. The van der Waals surface area contributed by atoms with Crippen molar-refractivity contribution in [1.29, 1.82) is 0 Å². The first-order chi connectivity index (χ1) is 8.04. The van der Waals surface area contributed by atoms with Gasteiger partial charge in [-0.05, 0) is 12.2 Å². The van der Waals surface area contributed by atoms with E-state index in [4.69, 9.17) is 16.2 Å². The number of ether oxygens (including phenoxy) is 1. The Kier molecular flexibility index (Phi) is 4.41. The molecule has 1 aromatic rings. The van der Waals surface area contributed by atoms with Crippen molar-refractivity contribution in [2.24, 2.45) is 0 Å². The summed E-state index contributed by atoms with van der Waals surface area (Å²) in [4.78, 5) is 28.7. The number of H-pyrrole nitrogens is 1. The highest BCUT2D eigenvalue weighted by Crippen LogP contribution is 2.05. The lowest BCUT2D eigenvalue weighted by Gasteiger charge is -1.99. The maximum atomic E-state index is 11.4. The molecule has 0 aromatic carbocycles. The Morgan fingerprint density at radius 1 is 1.53 bits per heavy atom. The Bertz CT molecular complexity index is 493. The molecule has 5 N–H and O–H groups in total. The molecule has 17 heavy (non-hydrogen) atoms. The van der Waals surface area contributed by atoms with Gasteiger partial charge in [0, 0.05) is 13.5 Å². The number of hydrogen-bond donors (Lipinski definition) is 3. The molecule has 1 heterocycles.